The molecule has 0 atom stereocenters. The standard InChI is InChI=1S/C15H11BrN4O.C14H8BrIN4.C14H9BrN4/c1-20-15(13(16)8-19-20)10-3-4-14-11(12(10)6-17)5-9(21-2)7-18-14;1-20-14(12(15)7-19-20)9-2-3-13-10(11(9)5-17)4-8(16)6-18-13;1-19-14(12(15)8-18-19)10-4-5-13-9(11(10)7-16)3-2-6-17-13/h3-5,7-8H,1-2H3;2-4,6-7H,1H3;2-6,8H,1H3. The van der Waals surface area contributed by atoms with Gasteiger partial charge in [0, 0.05) is 70.0 Å². The van der Waals surface area contributed by atoms with Gasteiger partial charge in [0.1, 0.15) is 24.0 Å². The number of aryl methyl sites for hydroxylation is 3. The highest BCUT2D eigenvalue weighted by Crippen LogP contribution is 2.36. The first kappa shape index (κ1) is 42.1. The van der Waals surface area contributed by atoms with Gasteiger partial charge in [0.15, 0.2) is 0 Å². The first-order chi connectivity index (χ1) is 29.0. The molecule has 294 valence electrons. The Bertz CT molecular complexity index is 3190. The van der Waals surface area contributed by atoms with E-state index >= 15 is 0 Å². The highest BCUT2D eigenvalue weighted by molar-refractivity contribution is 14.1. The molecule has 6 aromatic heterocycles. The number of rotatable bonds is 4. The van der Waals surface area contributed by atoms with Gasteiger partial charge in [-0.15, -0.1) is 0 Å². The van der Waals surface area contributed by atoms with Crippen molar-refractivity contribution in [2.75, 3.05) is 7.11 Å². The van der Waals surface area contributed by atoms with Crippen molar-refractivity contribution in [1.29, 1.82) is 15.8 Å². The molecule has 0 amide bonds. The fourth-order valence-electron chi connectivity index (χ4n) is 6.71. The number of fused-ring (bicyclic) bond motifs is 3. The van der Waals surface area contributed by atoms with Crippen molar-refractivity contribution < 1.29 is 4.74 Å². The number of ether oxygens (including phenoxy) is 1. The molecule has 9 aromatic rings. The third kappa shape index (κ3) is 8.11. The van der Waals surface area contributed by atoms with Crippen LogP contribution >= 0.6 is 70.4 Å². The fourth-order valence-corrected chi connectivity index (χ4v) is 8.85. The maximum absolute atomic E-state index is 9.60. The molecule has 0 saturated carbocycles. The molecule has 3 aromatic carbocycles. The molecule has 9 rings (SSSR count). The van der Waals surface area contributed by atoms with Crippen molar-refractivity contribution in [3.63, 3.8) is 0 Å². The van der Waals surface area contributed by atoms with E-state index in [1.165, 1.54) is 0 Å². The third-order valence-electron chi connectivity index (χ3n) is 9.48. The second kappa shape index (κ2) is 18.1. The molecule has 17 heteroatoms. The zero-order valence-electron chi connectivity index (χ0n) is 32.0. The van der Waals surface area contributed by atoms with E-state index < -0.39 is 0 Å². The molecule has 0 spiro atoms. The molecular weight excluding hydrogens is 1070 g/mol. The number of hydrogen-bond acceptors (Lipinski definition) is 10. The Morgan fingerprint density at radius 1 is 0.550 bits per heavy atom. The first-order valence-electron chi connectivity index (χ1n) is 17.7. The van der Waals surface area contributed by atoms with Gasteiger partial charge < -0.3 is 4.74 Å². The van der Waals surface area contributed by atoms with Crippen LogP contribution in [0.2, 0.25) is 0 Å². The van der Waals surface area contributed by atoms with Crippen LogP contribution in [0.3, 0.4) is 0 Å². The van der Waals surface area contributed by atoms with Crippen LogP contribution in [0.15, 0.2) is 111 Å². The van der Waals surface area contributed by atoms with E-state index in [1.54, 1.807) is 58.3 Å². The summed E-state index contributed by atoms with van der Waals surface area (Å²) < 4.78 is 14.0. The Hall–Kier alpha value is -6.04. The summed E-state index contributed by atoms with van der Waals surface area (Å²) in [5.74, 6) is 0.625. The molecule has 0 saturated heterocycles. The molecule has 0 unspecified atom stereocenters. The zero-order valence-corrected chi connectivity index (χ0v) is 38.9. The van der Waals surface area contributed by atoms with Crippen LogP contribution < -0.4 is 4.74 Å². The van der Waals surface area contributed by atoms with Gasteiger partial charge in [0.2, 0.25) is 0 Å². The lowest BCUT2D eigenvalue weighted by molar-refractivity contribution is 0.414. The molecule has 60 heavy (non-hydrogen) atoms. The van der Waals surface area contributed by atoms with Crippen molar-refractivity contribution in [3.05, 3.63) is 132 Å². The van der Waals surface area contributed by atoms with Gasteiger partial charge in [-0.2, -0.15) is 31.1 Å². The molecule has 0 aliphatic rings. The number of methoxy groups -OCH3 is 1. The summed E-state index contributed by atoms with van der Waals surface area (Å²) in [4.78, 5) is 13.0. The molecule has 0 N–H and O–H groups in total. The van der Waals surface area contributed by atoms with E-state index in [4.69, 9.17) is 4.74 Å². The zero-order chi connectivity index (χ0) is 42.7. The highest BCUT2D eigenvalue weighted by Gasteiger charge is 2.19. The van der Waals surface area contributed by atoms with Crippen molar-refractivity contribution in [2.45, 2.75) is 0 Å². The number of pyridine rings is 3. The Balaban J connectivity index is 0.000000136. The quantitative estimate of drug-likeness (QED) is 0.154. The van der Waals surface area contributed by atoms with Gasteiger partial charge in [0.25, 0.3) is 0 Å². The molecule has 6 heterocycles. The summed E-state index contributed by atoms with van der Waals surface area (Å²) >= 11 is 12.6. The fraction of sp³-hybridized carbons (Fsp3) is 0.0930. The average Bonchev–Trinajstić information content (AvgIpc) is 3.91. The molecule has 13 nitrogen and oxygen atoms in total. The minimum atomic E-state index is 0.559. The minimum Gasteiger partial charge on any atom is -0.495 e. The number of halogens is 4. The Morgan fingerprint density at radius 2 is 0.967 bits per heavy atom. The van der Waals surface area contributed by atoms with Gasteiger partial charge in [-0.25, -0.2) is 0 Å². The lowest BCUT2D eigenvalue weighted by atomic mass is 10.00. The number of benzene rings is 3. The van der Waals surface area contributed by atoms with E-state index in [-0.39, 0.29) is 0 Å². The molecule has 0 radical (unpaired) electrons. The van der Waals surface area contributed by atoms with Crippen LogP contribution in [0.4, 0.5) is 0 Å². The molecule has 0 bridgehead atoms. The molecular formula is C43H28Br3IN12O. The summed E-state index contributed by atoms with van der Waals surface area (Å²) in [6.07, 6.45) is 10.3. The van der Waals surface area contributed by atoms with Gasteiger partial charge in [-0.05, 0) is 131 Å². The Kier molecular flexibility index (Phi) is 12.7. The second-order valence-electron chi connectivity index (χ2n) is 12.9. The number of aromatic nitrogens is 9. The maximum atomic E-state index is 9.60. The molecule has 0 aliphatic heterocycles. The summed E-state index contributed by atoms with van der Waals surface area (Å²) in [6, 6.07) is 25.9. The van der Waals surface area contributed by atoms with Gasteiger partial charge >= 0.3 is 0 Å². The van der Waals surface area contributed by atoms with Gasteiger partial charge in [-0.1, -0.05) is 0 Å². The predicted molar refractivity (Wildman–Crippen MR) is 248 cm³/mol. The van der Waals surface area contributed by atoms with Crippen LogP contribution in [-0.2, 0) is 21.1 Å². The monoisotopic (exact) mass is 1090 g/mol. The van der Waals surface area contributed by atoms with Gasteiger partial charge in [0.05, 0.1) is 95.6 Å². The van der Waals surface area contributed by atoms with Crippen molar-refractivity contribution in [3.8, 4) is 57.7 Å². The van der Waals surface area contributed by atoms with Crippen LogP contribution in [0.1, 0.15) is 16.7 Å². The van der Waals surface area contributed by atoms with Crippen LogP contribution in [0, 0.1) is 37.6 Å². The molecule has 0 fully saturated rings. The van der Waals surface area contributed by atoms with Crippen LogP contribution in [-0.4, -0.2) is 51.4 Å². The summed E-state index contributed by atoms with van der Waals surface area (Å²) in [7, 11) is 7.14. The van der Waals surface area contributed by atoms with Crippen molar-refractivity contribution in [1.82, 2.24) is 44.3 Å². The van der Waals surface area contributed by atoms with Crippen molar-refractivity contribution >= 4 is 103 Å². The third-order valence-corrected chi connectivity index (χ3v) is 11.8. The van der Waals surface area contributed by atoms with E-state index in [9.17, 15) is 15.8 Å². The smallest absolute Gasteiger partial charge is 0.137 e. The SMILES string of the molecule is COc1cnc2ccc(-c3c(Br)cnn3C)c(C#N)c2c1.Cn1ncc(Br)c1-c1ccc2ncc(I)cc2c1C#N.Cn1ncc(Br)c1-c1ccc2ncccc2c1C#N. The largest absolute Gasteiger partial charge is 0.495 e. The first-order valence-corrected chi connectivity index (χ1v) is 21.1. The number of nitriles is 3. The van der Waals surface area contributed by atoms with Crippen LogP contribution in [0.5, 0.6) is 5.75 Å². The maximum Gasteiger partial charge on any atom is 0.137 e. The average molecular weight is 1100 g/mol. The lowest BCUT2D eigenvalue weighted by Crippen LogP contribution is -1.97. The van der Waals surface area contributed by atoms with Crippen LogP contribution in [0.25, 0.3) is 66.5 Å². The Morgan fingerprint density at radius 3 is 1.38 bits per heavy atom. The van der Waals surface area contributed by atoms with E-state index in [0.29, 0.717) is 22.4 Å². The van der Waals surface area contributed by atoms with Gasteiger partial charge in [-0.3, -0.25) is 29.0 Å². The molecule has 0 aliphatic carbocycles. The van der Waals surface area contributed by atoms with Crippen molar-refractivity contribution in [2.24, 2.45) is 21.1 Å². The number of nitrogens with zero attached hydrogens (tertiary/aromatic N) is 12. The summed E-state index contributed by atoms with van der Waals surface area (Å²) in [5.41, 5.74) is 9.37. The summed E-state index contributed by atoms with van der Waals surface area (Å²) in [6.45, 7) is 0. The normalized spacial score (nSPS) is 10.6. The van der Waals surface area contributed by atoms with E-state index in [0.717, 1.165) is 83.5 Å². The lowest BCUT2D eigenvalue weighted by Gasteiger charge is -2.09. The minimum absolute atomic E-state index is 0.559. The summed E-state index contributed by atoms with van der Waals surface area (Å²) in [5, 5.41) is 43.7. The highest BCUT2D eigenvalue weighted by atomic mass is 127. The number of hydrogen-bond donors (Lipinski definition) is 0. The van der Waals surface area contributed by atoms with E-state index in [1.807, 2.05) is 81.8 Å². The second-order valence-corrected chi connectivity index (χ2v) is 16.7. The predicted octanol–water partition coefficient (Wildman–Crippen LogP) is 10.4. The van der Waals surface area contributed by atoms with E-state index in [2.05, 4.69) is 119 Å². The topological polar surface area (TPSA) is 173 Å². The Labute approximate surface area is 382 Å².